The Morgan fingerprint density at radius 3 is 1.88 bits per heavy atom. The monoisotopic (exact) mass is 338 g/mol. The van der Waals surface area contributed by atoms with Crippen molar-refractivity contribution in [2.45, 2.75) is 46.3 Å². The van der Waals surface area contributed by atoms with Gasteiger partial charge in [0.25, 0.3) is 6.29 Å². The van der Waals surface area contributed by atoms with E-state index in [1.54, 1.807) is 20.8 Å². The number of methoxy groups -OCH3 is 1. The van der Waals surface area contributed by atoms with Crippen molar-refractivity contribution in [2.75, 3.05) is 7.11 Å². The lowest BCUT2D eigenvalue weighted by Gasteiger charge is -2.19. The highest BCUT2D eigenvalue weighted by Crippen LogP contribution is 2.32. The number of hydrogen-bond acceptors (Lipinski definition) is 7. The molecular weight excluding hydrogens is 316 g/mol. The van der Waals surface area contributed by atoms with Gasteiger partial charge in [0.15, 0.2) is 11.5 Å². The molecular formula is C17H22O7. The van der Waals surface area contributed by atoms with Crippen LogP contribution >= 0.6 is 0 Å². The lowest BCUT2D eigenvalue weighted by molar-refractivity contribution is -0.189. The van der Waals surface area contributed by atoms with Gasteiger partial charge in [-0.15, -0.1) is 0 Å². The standard InChI is InChI=1S/C17H22O7/c1-5-14(18)22-12-9-8-11(10-13(12)21-4)17(23-15(19)6-2)24-16(20)7-3/h8-10,17H,5-7H2,1-4H3. The molecule has 0 saturated carbocycles. The van der Waals surface area contributed by atoms with E-state index in [1.807, 2.05) is 0 Å². The van der Waals surface area contributed by atoms with E-state index in [0.717, 1.165) is 0 Å². The van der Waals surface area contributed by atoms with Crippen molar-refractivity contribution in [2.24, 2.45) is 0 Å². The highest BCUT2D eigenvalue weighted by molar-refractivity contribution is 5.73. The number of carbonyl (C=O) groups excluding carboxylic acids is 3. The largest absolute Gasteiger partial charge is 0.493 e. The maximum atomic E-state index is 11.6. The van der Waals surface area contributed by atoms with Gasteiger partial charge in [0.1, 0.15) is 0 Å². The van der Waals surface area contributed by atoms with Crippen molar-refractivity contribution in [1.29, 1.82) is 0 Å². The molecule has 0 aliphatic rings. The summed E-state index contributed by atoms with van der Waals surface area (Å²) in [5, 5.41) is 0. The third kappa shape index (κ3) is 5.57. The minimum atomic E-state index is -1.19. The maximum absolute atomic E-state index is 11.6. The SMILES string of the molecule is CCC(=O)Oc1ccc(C(OC(=O)CC)OC(=O)CC)cc1OC. The molecule has 0 amide bonds. The fourth-order valence-corrected chi connectivity index (χ4v) is 1.68. The second-order valence-electron chi connectivity index (χ2n) is 4.76. The zero-order chi connectivity index (χ0) is 18.1. The number of rotatable bonds is 8. The molecule has 0 aliphatic heterocycles. The summed E-state index contributed by atoms with van der Waals surface area (Å²) in [6.45, 7) is 4.94. The van der Waals surface area contributed by atoms with Crippen molar-refractivity contribution < 1.29 is 33.3 Å². The van der Waals surface area contributed by atoms with E-state index < -0.39 is 24.2 Å². The van der Waals surface area contributed by atoms with Crippen LogP contribution in [-0.2, 0) is 23.9 Å². The molecule has 0 aromatic heterocycles. The van der Waals surface area contributed by atoms with Gasteiger partial charge in [0, 0.05) is 24.8 Å². The van der Waals surface area contributed by atoms with E-state index in [1.165, 1.54) is 25.3 Å². The number of carbonyl (C=O) groups is 3. The van der Waals surface area contributed by atoms with Crippen LogP contribution < -0.4 is 9.47 Å². The van der Waals surface area contributed by atoms with Crippen LogP contribution in [0.25, 0.3) is 0 Å². The highest BCUT2D eigenvalue weighted by atomic mass is 16.7. The van der Waals surface area contributed by atoms with Crippen molar-refractivity contribution >= 4 is 17.9 Å². The number of benzene rings is 1. The van der Waals surface area contributed by atoms with Crippen molar-refractivity contribution in [3.63, 3.8) is 0 Å². The second kappa shape index (κ2) is 9.54. The molecule has 0 aliphatic carbocycles. The first-order valence-corrected chi connectivity index (χ1v) is 7.72. The van der Waals surface area contributed by atoms with Gasteiger partial charge in [-0.1, -0.05) is 20.8 Å². The molecule has 1 aromatic carbocycles. The van der Waals surface area contributed by atoms with Gasteiger partial charge in [0.05, 0.1) is 7.11 Å². The Balaban J connectivity index is 3.10. The van der Waals surface area contributed by atoms with Crippen LogP contribution in [0.2, 0.25) is 0 Å². The van der Waals surface area contributed by atoms with Crippen molar-refractivity contribution in [3.8, 4) is 11.5 Å². The average molecular weight is 338 g/mol. The van der Waals surface area contributed by atoms with Crippen LogP contribution in [0.15, 0.2) is 18.2 Å². The molecule has 0 N–H and O–H groups in total. The third-order valence-electron chi connectivity index (χ3n) is 3.03. The van der Waals surface area contributed by atoms with Crippen LogP contribution in [0.5, 0.6) is 11.5 Å². The van der Waals surface area contributed by atoms with Crippen LogP contribution in [0.1, 0.15) is 51.9 Å². The molecule has 0 spiro atoms. The minimum Gasteiger partial charge on any atom is -0.493 e. The van der Waals surface area contributed by atoms with Crippen LogP contribution in [0, 0.1) is 0 Å². The molecule has 0 radical (unpaired) electrons. The second-order valence-corrected chi connectivity index (χ2v) is 4.76. The van der Waals surface area contributed by atoms with Gasteiger partial charge in [-0.3, -0.25) is 14.4 Å². The van der Waals surface area contributed by atoms with E-state index in [-0.39, 0.29) is 30.8 Å². The van der Waals surface area contributed by atoms with Gasteiger partial charge >= 0.3 is 17.9 Å². The molecule has 1 rings (SSSR count). The summed E-state index contributed by atoms with van der Waals surface area (Å²) in [6, 6.07) is 4.53. The molecule has 0 heterocycles. The first-order valence-electron chi connectivity index (χ1n) is 7.72. The molecule has 132 valence electrons. The Kier molecular flexibility index (Phi) is 7.74. The van der Waals surface area contributed by atoms with Gasteiger partial charge in [-0.25, -0.2) is 0 Å². The summed E-state index contributed by atoms with van der Waals surface area (Å²) in [5.41, 5.74) is 0.395. The highest BCUT2D eigenvalue weighted by Gasteiger charge is 2.22. The molecule has 0 saturated heterocycles. The molecule has 0 atom stereocenters. The molecule has 0 unspecified atom stereocenters. The molecule has 7 nitrogen and oxygen atoms in total. The summed E-state index contributed by atoms with van der Waals surface area (Å²) in [7, 11) is 1.41. The van der Waals surface area contributed by atoms with Crippen molar-refractivity contribution in [3.05, 3.63) is 23.8 Å². The number of esters is 3. The van der Waals surface area contributed by atoms with Crippen LogP contribution in [-0.4, -0.2) is 25.0 Å². The predicted molar refractivity (Wildman–Crippen MR) is 84.4 cm³/mol. The minimum absolute atomic E-state index is 0.142. The summed E-state index contributed by atoms with van der Waals surface area (Å²) >= 11 is 0. The van der Waals surface area contributed by atoms with E-state index in [2.05, 4.69) is 0 Å². The third-order valence-corrected chi connectivity index (χ3v) is 3.03. The molecule has 24 heavy (non-hydrogen) atoms. The van der Waals surface area contributed by atoms with E-state index in [0.29, 0.717) is 5.56 Å². The van der Waals surface area contributed by atoms with Gasteiger partial charge in [-0.2, -0.15) is 0 Å². The first kappa shape index (κ1) is 19.5. The summed E-state index contributed by atoms with van der Waals surface area (Å²) in [6.07, 6.45) is -0.683. The zero-order valence-electron chi connectivity index (χ0n) is 14.3. The topological polar surface area (TPSA) is 88.1 Å². The Bertz CT molecular complexity index is 577. The molecule has 0 fully saturated rings. The van der Waals surface area contributed by atoms with Crippen molar-refractivity contribution in [1.82, 2.24) is 0 Å². The van der Waals surface area contributed by atoms with Crippen LogP contribution in [0.3, 0.4) is 0 Å². The van der Waals surface area contributed by atoms with Gasteiger partial charge in [-0.05, 0) is 18.2 Å². The van der Waals surface area contributed by atoms with Crippen LogP contribution in [0.4, 0.5) is 0 Å². The predicted octanol–water partition coefficient (Wildman–Crippen LogP) is 2.92. The lowest BCUT2D eigenvalue weighted by Crippen LogP contribution is -2.17. The number of ether oxygens (including phenoxy) is 4. The first-order chi connectivity index (χ1) is 11.4. The Morgan fingerprint density at radius 2 is 1.42 bits per heavy atom. The Morgan fingerprint density at radius 1 is 0.875 bits per heavy atom. The quantitative estimate of drug-likeness (QED) is 0.409. The van der Waals surface area contributed by atoms with E-state index in [4.69, 9.17) is 18.9 Å². The zero-order valence-corrected chi connectivity index (χ0v) is 14.3. The normalized spacial score (nSPS) is 10.2. The van der Waals surface area contributed by atoms with E-state index >= 15 is 0 Å². The average Bonchev–Trinajstić information content (AvgIpc) is 2.60. The molecule has 1 aromatic rings. The number of hydrogen-bond donors (Lipinski definition) is 0. The van der Waals surface area contributed by atoms with Gasteiger partial charge < -0.3 is 18.9 Å². The van der Waals surface area contributed by atoms with E-state index in [9.17, 15) is 14.4 Å². The lowest BCUT2D eigenvalue weighted by atomic mass is 10.2. The maximum Gasteiger partial charge on any atom is 0.311 e. The smallest absolute Gasteiger partial charge is 0.311 e. The molecule has 0 bridgehead atoms. The summed E-state index contributed by atoms with van der Waals surface area (Å²) in [4.78, 5) is 34.5. The summed E-state index contributed by atoms with van der Waals surface area (Å²) < 4.78 is 20.6. The Labute approximate surface area is 140 Å². The fraction of sp³-hybridized carbons (Fsp3) is 0.471. The summed E-state index contributed by atoms with van der Waals surface area (Å²) in [5.74, 6) is -0.934. The molecule has 7 heteroatoms. The fourth-order valence-electron chi connectivity index (χ4n) is 1.68. The Hall–Kier alpha value is -2.57. The van der Waals surface area contributed by atoms with Gasteiger partial charge in [0.2, 0.25) is 0 Å².